The molecule has 1 unspecified atom stereocenters. The van der Waals surface area contributed by atoms with E-state index in [1.807, 2.05) is 4.72 Å². The van der Waals surface area contributed by atoms with E-state index in [0.717, 1.165) is 6.07 Å². The summed E-state index contributed by atoms with van der Waals surface area (Å²) in [5.74, 6) is -1.47. The molecule has 0 heterocycles. The number of anilines is 1. The van der Waals surface area contributed by atoms with Gasteiger partial charge in [0.1, 0.15) is 5.82 Å². The summed E-state index contributed by atoms with van der Waals surface area (Å²) >= 11 is 0. The zero-order chi connectivity index (χ0) is 14.8. The number of rotatable bonds is 4. The molecule has 0 amide bonds. The van der Waals surface area contributed by atoms with Crippen LogP contribution in [0.4, 0.5) is 23.2 Å². The Kier molecular flexibility index (Phi) is 4.41. The third-order valence-corrected chi connectivity index (χ3v) is 4.17. The fraction of sp³-hybridized carbons (Fsp3) is 0.400. The molecule has 0 bridgehead atoms. The second kappa shape index (κ2) is 5.33. The minimum atomic E-state index is -4.90. The van der Waals surface area contributed by atoms with E-state index in [-0.39, 0.29) is 12.2 Å². The van der Waals surface area contributed by atoms with Crippen LogP contribution in [-0.2, 0) is 16.2 Å². The molecule has 0 fully saturated rings. The van der Waals surface area contributed by atoms with Crippen LogP contribution in [0.3, 0.4) is 0 Å². The van der Waals surface area contributed by atoms with Crippen molar-refractivity contribution in [2.75, 3.05) is 11.3 Å². The quantitative estimate of drug-likeness (QED) is 0.835. The third kappa shape index (κ3) is 3.80. The highest BCUT2D eigenvalue weighted by Crippen LogP contribution is 2.33. The summed E-state index contributed by atoms with van der Waals surface area (Å²) in [6, 6.07) is 1.86. The van der Waals surface area contributed by atoms with Gasteiger partial charge in [0.05, 0.1) is 10.8 Å². The largest absolute Gasteiger partial charge is 0.419 e. The fourth-order valence-electron chi connectivity index (χ4n) is 1.20. The Morgan fingerprint density at radius 2 is 1.95 bits per heavy atom. The minimum absolute atomic E-state index is 0.192. The maximum Gasteiger partial charge on any atom is 0.419 e. The molecule has 4 nitrogen and oxygen atoms in total. The number of halogens is 4. The Morgan fingerprint density at radius 3 is 2.42 bits per heavy atom. The molecule has 1 aromatic carbocycles. The van der Waals surface area contributed by atoms with Gasteiger partial charge in [-0.1, -0.05) is 0 Å². The van der Waals surface area contributed by atoms with Crippen molar-refractivity contribution >= 4 is 15.7 Å². The summed E-state index contributed by atoms with van der Waals surface area (Å²) in [5, 5.41) is -0.980. The Hall–Kier alpha value is -1.35. The van der Waals surface area contributed by atoms with Crippen LogP contribution in [0.1, 0.15) is 12.5 Å². The van der Waals surface area contributed by atoms with Gasteiger partial charge < -0.3 is 5.73 Å². The number of sulfonamides is 1. The number of alkyl halides is 3. The van der Waals surface area contributed by atoms with Gasteiger partial charge in [-0.15, -0.1) is 0 Å². The topological polar surface area (TPSA) is 72.2 Å². The summed E-state index contributed by atoms with van der Waals surface area (Å²) < 4.78 is 75.5. The summed E-state index contributed by atoms with van der Waals surface area (Å²) in [6.07, 6.45) is -4.90. The van der Waals surface area contributed by atoms with Gasteiger partial charge in [0.25, 0.3) is 0 Å². The van der Waals surface area contributed by atoms with Crippen molar-refractivity contribution in [3.05, 3.63) is 29.6 Å². The van der Waals surface area contributed by atoms with E-state index in [0.29, 0.717) is 12.1 Å². The molecule has 1 aromatic rings. The molecule has 1 atom stereocenters. The molecular formula is C10H12F4N2O2S. The normalized spacial score (nSPS) is 14.2. The predicted molar refractivity (Wildman–Crippen MR) is 62.5 cm³/mol. The first kappa shape index (κ1) is 15.7. The van der Waals surface area contributed by atoms with E-state index in [1.165, 1.54) is 6.92 Å². The van der Waals surface area contributed by atoms with Gasteiger partial charge in [-0.2, -0.15) is 13.2 Å². The van der Waals surface area contributed by atoms with Gasteiger partial charge in [0.15, 0.2) is 0 Å². The monoisotopic (exact) mass is 300 g/mol. The van der Waals surface area contributed by atoms with Crippen LogP contribution in [-0.4, -0.2) is 20.2 Å². The van der Waals surface area contributed by atoms with Crippen molar-refractivity contribution < 1.29 is 26.0 Å². The van der Waals surface area contributed by atoms with Crippen LogP contribution in [0.15, 0.2) is 18.2 Å². The molecule has 0 radical (unpaired) electrons. The maximum absolute atomic E-state index is 13.0. The van der Waals surface area contributed by atoms with E-state index in [9.17, 15) is 26.0 Å². The lowest BCUT2D eigenvalue weighted by Gasteiger charge is -2.14. The first-order valence-corrected chi connectivity index (χ1v) is 6.71. The van der Waals surface area contributed by atoms with Crippen LogP contribution in [0.5, 0.6) is 0 Å². The molecule has 19 heavy (non-hydrogen) atoms. The lowest BCUT2D eigenvalue weighted by atomic mass is 10.2. The van der Waals surface area contributed by atoms with Gasteiger partial charge in [0, 0.05) is 12.2 Å². The molecule has 0 saturated heterocycles. The molecule has 1 rings (SSSR count). The summed E-state index contributed by atoms with van der Waals surface area (Å²) in [7, 11) is -3.90. The molecule has 0 aliphatic carbocycles. The lowest BCUT2D eigenvalue weighted by Crippen LogP contribution is -2.31. The fourth-order valence-corrected chi connectivity index (χ4v) is 2.11. The average molecular weight is 300 g/mol. The highest BCUT2D eigenvalue weighted by molar-refractivity contribution is 7.93. The van der Waals surface area contributed by atoms with E-state index >= 15 is 0 Å². The molecular weight excluding hydrogens is 288 g/mol. The lowest BCUT2D eigenvalue weighted by molar-refractivity contribution is -0.139. The van der Waals surface area contributed by atoms with E-state index < -0.39 is 32.8 Å². The maximum atomic E-state index is 13.0. The van der Waals surface area contributed by atoms with Crippen LogP contribution >= 0.6 is 0 Å². The van der Waals surface area contributed by atoms with Crippen molar-refractivity contribution in [2.24, 2.45) is 5.73 Å². The Labute approximate surface area is 107 Å². The number of nitrogens with one attached hydrogen (secondary N) is 1. The Morgan fingerprint density at radius 1 is 1.37 bits per heavy atom. The summed E-state index contributed by atoms with van der Waals surface area (Å²) in [4.78, 5) is 0. The highest BCUT2D eigenvalue weighted by atomic mass is 32.2. The van der Waals surface area contributed by atoms with Gasteiger partial charge in [-0.25, -0.2) is 12.8 Å². The number of benzene rings is 1. The van der Waals surface area contributed by atoms with Crippen molar-refractivity contribution in [1.82, 2.24) is 0 Å². The molecule has 0 saturated carbocycles. The van der Waals surface area contributed by atoms with Crippen molar-refractivity contribution in [3.63, 3.8) is 0 Å². The smallest absolute Gasteiger partial charge is 0.329 e. The molecule has 9 heteroatoms. The second-order valence-corrected chi connectivity index (χ2v) is 5.98. The average Bonchev–Trinajstić information content (AvgIpc) is 2.28. The van der Waals surface area contributed by atoms with Crippen molar-refractivity contribution in [2.45, 2.75) is 18.3 Å². The first-order chi connectivity index (χ1) is 8.58. The second-order valence-electron chi connectivity index (χ2n) is 3.89. The molecule has 0 aliphatic heterocycles. The van der Waals surface area contributed by atoms with Crippen LogP contribution in [0, 0.1) is 5.82 Å². The van der Waals surface area contributed by atoms with Crippen molar-refractivity contribution in [3.8, 4) is 0 Å². The number of hydrogen-bond acceptors (Lipinski definition) is 3. The standard InChI is InChI=1S/C10H12F4N2O2S/c1-6(5-15)19(17,18)16-7-2-3-9(11)8(4-7)10(12,13)14/h2-4,6,16H,5,15H2,1H3. The highest BCUT2D eigenvalue weighted by Gasteiger charge is 2.34. The SMILES string of the molecule is CC(CN)S(=O)(=O)Nc1ccc(F)c(C(F)(F)F)c1. The molecule has 108 valence electrons. The molecule has 0 aliphatic rings. The van der Waals surface area contributed by atoms with Gasteiger partial charge in [0.2, 0.25) is 10.0 Å². The molecule has 3 N–H and O–H groups in total. The van der Waals surface area contributed by atoms with E-state index in [1.54, 1.807) is 0 Å². The zero-order valence-corrected chi connectivity index (χ0v) is 10.6. The van der Waals surface area contributed by atoms with Crippen LogP contribution in [0.25, 0.3) is 0 Å². The number of nitrogens with two attached hydrogens (primary N) is 1. The number of hydrogen-bond donors (Lipinski definition) is 2. The molecule has 0 spiro atoms. The molecule has 0 aromatic heterocycles. The third-order valence-electron chi connectivity index (χ3n) is 2.39. The summed E-state index contributed by atoms with van der Waals surface area (Å²) in [6.45, 7) is 1.11. The van der Waals surface area contributed by atoms with Crippen molar-refractivity contribution in [1.29, 1.82) is 0 Å². The zero-order valence-electron chi connectivity index (χ0n) is 9.83. The van der Waals surface area contributed by atoms with Crippen LogP contribution < -0.4 is 10.5 Å². The van der Waals surface area contributed by atoms with Gasteiger partial charge in [-0.05, 0) is 25.1 Å². The van der Waals surface area contributed by atoms with Gasteiger partial charge in [-0.3, -0.25) is 4.72 Å². The van der Waals surface area contributed by atoms with Gasteiger partial charge >= 0.3 is 6.18 Å². The minimum Gasteiger partial charge on any atom is -0.329 e. The Balaban J connectivity index is 3.12. The van der Waals surface area contributed by atoms with E-state index in [2.05, 4.69) is 0 Å². The predicted octanol–water partition coefficient (Wildman–Crippen LogP) is 1.93. The summed E-state index contributed by atoms with van der Waals surface area (Å²) in [5.41, 5.74) is 3.28. The Bertz CT molecular complexity index is 557. The van der Waals surface area contributed by atoms with E-state index in [4.69, 9.17) is 5.73 Å². The van der Waals surface area contributed by atoms with Crippen LogP contribution in [0.2, 0.25) is 0 Å². The first-order valence-electron chi connectivity index (χ1n) is 5.16.